The molecular formula is C14H16N2O3S2. The standard InChI is InChI=1S/C14H16N2O3S2/c1-4-5-9-6-10(20-8(9)3)12(17)15-13-11(14(18)19)7(2)16-21-13/h6H,4-5H2,1-3H3,(H,15,17)(H,18,19). The molecule has 0 aromatic carbocycles. The quantitative estimate of drug-likeness (QED) is 0.878. The molecule has 2 aromatic rings. The van der Waals surface area contributed by atoms with Gasteiger partial charge in [0.1, 0.15) is 10.6 Å². The number of carbonyl (C=O) groups excluding carboxylic acids is 1. The summed E-state index contributed by atoms with van der Waals surface area (Å²) in [7, 11) is 0. The molecule has 112 valence electrons. The summed E-state index contributed by atoms with van der Waals surface area (Å²) in [6.45, 7) is 5.70. The molecule has 7 heteroatoms. The number of aryl methyl sites for hydroxylation is 3. The van der Waals surface area contributed by atoms with Gasteiger partial charge in [0.05, 0.1) is 10.6 Å². The van der Waals surface area contributed by atoms with Crippen LogP contribution in [0.5, 0.6) is 0 Å². The van der Waals surface area contributed by atoms with Crippen molar-refractivity contribution in [3.63, 3.8) is 0 Å². The predicted octanol–water partition coefficient (Wildman–Crippen LogP) is 3.72. The zero-order chi connectivity index (χ0) is 15.6. The second-order valence-corrected chi connectivity index (χ2v) is 6.70. The average molecular weight is 324 g/mol. The first kappa shape index (κ1) is 15.7. The van der Waals surface area contributed by atoms with Crippen molar-refractivity contribution in [2.45, 2.75) is 33.6 Å². The van der Waals surface area contributed by atoms with Gasteiger partial charge < -0.3 is 10.4 Å². The molecule has 0 unspecified atom stereocenters. The Labute approximate surface area is 130 Å². The summed E-state index contributed by atoms with van der Waals surface area (Å²) < 4.78 is 3.99. The molecule has 0 aliphatic rings. The molecule has 0 spiro atoms. The van der Waals surface area contributed by atoms with Crippen molar-refractivity contribution in [2.75, 3.05) is 5.32 Å². The molecule has 0 saturated carbocycles. The van der Waals surface area contributed by atoms with Crippen molar-refractivity contribution in [1.82, 2.24) is 4.37 Å². The molecule has 0 fully saturated rings. The molecule has 2 aromatic heterocycles. The van der Waals surface area contributed by atoms with Crippen LogP contribution in [0.1, 0.15) is 49.5 Å². The number of carboxylic acids is 1. The van der Waals surface area contributed by atoms with Crippen LogP contribution in [0.4, 0.5) is 5.00 Å². The summed E-state index contributed by atoms with van der Waals surface area (Å²) in [6, 6.07) is 1.88. The minimum atomic E-state index is -1.08. The fourth-order valence-electron chi connectivity index (χ4n) is 2.02. The molecule has 2 heterocycles. The second-order valence-electron chi connectivity index (χ2n) is 4.67. The lowest BCUT2D eigenvalue weighted by Crippen LogP contribution is -2.12. The molecule has 21 heavy (non-hydrogen) atoms. The number of nitrogens with one attached hydrogen (secondary N) is 1. The van der Waals surface area contributed by atoms with Crippen molar-refractivity contribution in [3.05, 3.63) is 32.6 Å². The lowest BCUT2D eigenvalue weighted by atomic mass is 10.1. The van der Waals surface area contributed by atoms with Gasteiger partial charge in [-0.1, -0.05) is 13.3 Å². The number of carbonyl (C=O) groups is 2. The summed E-state index contributed by atoms with van der Waals surface area (Å²) in [5.41, 5.74) is 1.65. The van der Waals surface area contributed by atoms with E-state index in [2.05, 4.69) is 16.6 Å². The van der Waals surface area contributed by atoms with Crippen LogP contribution in [0, 0.1) is 13.8 Å². The molecule has 1 amide bonds. The summed E-state index contributed by atoms with van der Waals surface area (Å²) in [6.07, 6.45) is 1.96. The van der Waals surface area contributed by atoms with Crippen LogP contribution in [0.25, 0.3) is 0 Å². The van der Waals surface area contributed by atoms with Crippen molar-refractivity contribution in [1.29, 1.82) is 0 Å². The fraction of sp³-hybridized carbons (Fsp3) is 0.357. The highest BCUT2D eigenvalue weighted by atomic mass is 32.1. The van der Waals surface area contributed by atoms with Gasteiger partial charge in [-0.25, -0.2) is 4.79 Å². The highest BCUT2D eigenvalue weighted by Gasteiger charge is 2.20. The van der Waals surface area contributed by atoms with E-state index in [1.54, 1.807) is 6.92 Å². The summed E-state index contributed by atoms with van der Waals surface area (Å²) in [5, 5.41) is 12.1. The first-order chi connectivity index (χ1) is 9.93. The van der Waals surface area contributed by atoms with E-state index in [1.165, 1.54) is 16.9 Å². The van der Waals surface area contributed by atoms with Gasteiger partial charge in [-0.2, -0.15) is 4.37 Å². The van der Waals surface area contributed by atoms with Crippen LogP contribution in [0.2, 0.25) is 0 Å². The number of rotatable bonds is 5. The number of amides is 1. The number of carboxylic acid groups (broad SMARTS) is 1. The predicted molar refractivity (Wildman–Crippen MR) is 84.8 cm³/mol. The Kier molecular flexibility index (Phi) is 4.74. The highest BCUT2D eigenvalue weighted by molar-refractivity contribution is 7.14. The number of aromatic carboxylic acids is 1. The molecule has 0 aliphatic carbocycles. The average Bonchev–Trinajstić information content (AvgIpc) is 2.94. The van der Waals surface area contributed by atoms with E-state index in [-0.39, 0.29) is 16.5 Å². The van der Waals surface area contributed by atoms with Crippen LogP contribution in [0.3, 0.4) is 0 Å². The van der Waals surface area contributed by atoms with Gasteiger partial charge in [-0.3, -0.25) is 4.79 Å². The minimum Gasteiger partial charge on any atom is -0.478 e. The zero-order valence-electron chi connectivity index (χ0n) is 12.0. The van der Waals surface area contributed by atoms with Gasteiger partial charge in [0.2, 0.25) is 0 Å². The molecule has 2 N–H and O–H groups in total. The number of aromatic nitrogens is 1. The Morgan fingerprint density at radius 1 is 1.38 bits per heavy atom. The van der Waals surface area contributed by atoms with E-state index in [0.29, 0.717) is 10.6 Å². The van der Waals surface area contributed by atoms with Crippen molar-refractivity contribution in [3.8, 4) is 0 Å². The molecule has 0 bridgehead atoms. The lowest BCUT2D eigenvalue weighted by molar-refractivity contribution is 0.0697. The maximum Gasteiger partial charge on any atom is 0.340 e. The fourth-order valence-corrected chi connectivity index (χ4v) is 3.77. The third-order valence-electron chi connectivity index (χ3n) is 3.07. The zero-order valence-corrected chi connectivity index (χ0v) is 13.7. The first-order valence-electron chi connectivity index (χ1n) is 6.54. The van der Waals surface area contributed by atoms with E-state index in [4.69, 9.17) is 5.11 Å². The van der Waals surface area contributed by atoms with Gasteiger partial charge in [-0.15, -0.1) is 11.3 Å². The van der Waals surface area contributed by atoms with Gasteiger partial charge >= 0.3 is 5.97 Å². The Hall–Kier alpha value is -1.73. The number of thiophene rings is 1. The van der Waals surface area contributed by atoms with E-state index in [1.807, 2.05) is 13.0 Å². The Balaban J connectivity index is 2.22. The smallest absolute Gasteiger partial charge is 0.340 e. The van der Waals surface area contributed by atoms with Crippen LogP contribution < -0.4 is 5.32 Å². The van der Waals surface area contributed by atoms with E-state index >= 15 is 0 Å². The Morgan fingerprint density at radius 2 is 2.10 bits per heavy atom. The third-order valence-corrected chi connectivity index (χ3v) is 5.01. The maximum absolute atomic E-state index is 12.3. The maximum atomic E-state index is 12.3. The normalized spacial score (nSPS) is 10.6. The van der Waals surface area contributed by atoms with E-state index in [9.17, 15) is 9.59 Å². The molecule has 0 saturated heterocycles. The van der Waals surface area contributed by atoms with E-state index < -0.39 is 5.97 Å². The monoisotopic (exact) mass is 324 g/mol. The van der Waals surface area contributed by atoms with Gasteiger partial charge in [0, 0.05) is 4.88 Å². The molecular weight excluding hydrogens is 308 g/mol. The van der Waals surface area contributed by atoms with Crippen LogP contribution in [-0.4, -0.2) is 21.4 Å². The van der Waals surface area contributed by atoms with Crippen LogP contribution >= 0.6 is 22.9 Å². The number of nitrogens with zero attached hydrogens (tertiary/aromatic N) is 1. The largest absolute Gasteiger partial charge is 0.478 e. The van der Waals surface area contributed by atoms with Gasteiger partial charge in [-0.05, 0) is 43.4 Å². The topological polar surface area (TPSA) is 79.3 Å². The molecule has 0 aliphatic heterocycles. The van der Waals surface area contributed by atoms with Crippen molar-refractivity contribution >= 4 is 39.7 Å². The summed E-state index contributed by atoms with van der Waals surface area (Å²) in [4.78, 5) is 25.2. The molecule has 0 atom stereocenters. The number of hydrogen-bond acceptors (Lipinski definition) is 5. The molecule has 5 nitrogen and oxygen atoms in total. The summed E-state index contributed by atoms with van der Waals surface area (Å²) in [5.74, 6) is -1.36. The minimum absolute atomic E-state index is 0.0652. The SMILES string of the molecule is CCCc1cc(C(=O)Nc2snc(C)c2C(=O)O)sc1C. The lowest BCUT2D eigenvalue weighted by Gasteiger charge is -2.01. The van der Waals surface area contributed by atoms with Gasteiger partial charge in [0.25, 0.3) is 5.91 Å². The Bertz CT molecular complexity index is 688. The van der Waals surface area contributed by atoms with Crippen molar-refractivity contribution < 1.29 is 14.7 Å². The van der Waals surface area contributed by atoms with E-state index in [0.717, 1.165) is 29.3 Å². The molecule has 2 rings (SSSR count). The van der Waals surface area contributed by atoms with Crippen LogP contribution in [-0.2, 0) is 6.42 Å². The summed E-state index contributed by atoms with van der Waals surface area (Å²) >= 11 is 2.42. The Morgan fingerprint density at radius 3 is 2.71 bits per heavy atom. The third kappa shape index (κ3) is 3.30. The highest BCUT2D eigenvalue weighted by Crippen LogP contribution is 2.27. The molecule has 0 radical (unpaired) electrons. The van der Waals surface area contributed by atoms with Gasteiger partial charge in [0.15, 0.2) is 0 Å². The number of hydrogen-bond donors (Lipinski definition) is 2. The first-order valence-corrected chi connectivity index (χ1v) is 8.13. The number of anilines is 1. The van der Waals surface area contributed by atoms with Crippen LogP contribution in [0.15, 0.2) is 6.07 Å². The second kappa shape index (κ2) is 6.36. The van der Waals surface area contributed by atoms with Crippen molar-refractivity contribution in [2.24, 2.45) is 0 Å².